The highest BCUT2D eigenvalue weighted by atomic mass is 16.5. The Balaban J connectivity index is 1.47. The van der Waals surface area contributed by atoms with Crippen molar-refractivity contribution in [1.82, 2.24) is 9.80 Å². The van der Waals surface area contributed by atoms with Gasteiger partial charge in [-0.25, -0.2) is 0 Å². The summed E-state index contributed by atoms with van der Waals surface area (Å²) in [5, 5.41) is 0. The lowest BCUT2D eigenvalue weighted by molar-refractivity contribution is 0.0178. The molecule has 0 saturated carbocycles. The molecule has 0 radical (unpaired) electrons. The van der Waals surface area contributed by atoms with Crippen molar-refractivity contribution in [3.05, 3.63) is 35.9 Å². The van der Waals surface area contributed by atoms with Crippen LogP contribution in [0.1, 0.15) is 24.8 Å². The van der Waals surface area contributed by atoms with E-state index in [4.69, 9.17) is 9.47 Å². The molecule has 0 N–H and O–H groups in total. The van der Waals surface area contributed by atoms with E-state index in [-0.39, 0.29) is 0 Å². The molecule has 1 unspecified atom stereocenters. The summed E-state index contributed by atoms with van der Waals surface area (Å²) in [7, 11) is 2.24. The Bertz CT molecular complexity index is 462. The Kier molecular flexibility index (Phi) is 7.09. The monoisotopic (exact) mass is 332 g/mol. The number of ether oxygens (including phenoxy) is 2. The highest BCUT2D eigenvalue weighted by Crippen LogP contribution is 2.17. The van der Waals surface area contributed by atoms with Crippen LogP contribution in [0.15, 0.2) is 30.3 Å². The van der Waals surface area contributed by atoms with Gasteiger partial charge in [0.05, 0.1) is 6.10 Å². The first kappa shape index (κ1) is 17.9. The van der Waals surface area contributed by atoms with Gasteiger partial charge in [0.15, 0.2) is 0 Å². The lowest BCUT2D eigenvalue weighted by Crippen LogP contribution is -2.40. The first-order chi connectivity index (χ1) is 11.8. The van der Waals surface area contributed by atoms with Crippen molar-refractivity contribution in [2.24, 2.45) is 5.92 Å². The molecule has 2 aliphatic heterocycles. The molecule has 4 heteroatoms. The largest absolute Gasteiger partial charge is 0.381 e. The van der Waals surface area contributed by atoms with Gasteiger partial charge in [0.1, 0.15) is 0 Å². The van der Waals surface area contributed by atoms with Crippen LogP contribution in [0.25, 0.3) is 0 Å². The summed E-state index contributed by atoms with van der Waals surface area (Å²) in [6, 6.07) is 10.8. The van der Waals surface area contributed by atoms with Crippen LogP contribution in [0.3, 0.4) is 0 Å². The molecule has 0 spiro atoms. The van der Waals surface area contributed by atoms with Gasteiger partial charge in [-0.15, -0.1) is 0 Å². The Morgan fingerprint density at radius 1 is 1.08 bits per heavy atom. The van der Waals surface area contributed by atoms with Crippen molar-refractivity contribution in [2.45, 2.75) is 31.9 Å². The standard InChI is InChI=1S/C20H32N2O2/c1-21(14-19-8-12-23-13-9-19)16-20-17-22(10-5-11-24-20)15-18-6-3-2-4-7-18/h2-4,6-7,19-20H,5,8-17H2,1H3. The molecule has 2 fully saturated rings. The van der Waals surface area contributed by atoms with E-state index >= 15 is 0 Å². The normalized spacial score (nSPS) is 24.2. The lowest BCUT2D eigenvalue weighted by Gasteiger charge is -2.30. The fourth-order valence-electron chi connectivity index (χ4n) is 3.86. The van der Waals surface area contributed by atoms with Gasteiger partial charge in [0.2, 0.25) is 0 Å². The number of hydrogen-bond donors (Lipinski definition) is 0. The predicted molar refractivity (Wildman–Crippen MR) is 97.1 cm³/mol. The van der Waals surface area contributed by atoms with Crippen LogP contribution in [-0.4, -0.2) is 69.0 Å². The van der Waals surface area contributed by atoms with E-state index in [2.05, 4.69) is 47.2 Å². The van der Waals surface area contributed by atoms with Crippen molar-refractivity contribution in [3.8, 4) is 0 Å². The Morgan fingerprint density at radius 2 is 1.88 bits per heavy atom. The molecule has 4 nitrogen and oxygen atoms in total. The number of likely N-dealkylation sites (N-methyl/N-ethyl adjacent to an activating group) is 1. The molecule has 1 aromatic rings. The average Bonchev–Trinajstić information content (AvgIpc) is 2.81. The zero-order chi connectivity index (χ0) is 16.6. The number of rotatable bonds is 6. The maximum atomic E-state index is 6.12. The maximum Gasteiger partial charge on any atom is 0.0828 e. The van der Waals surface area contributed by atoms with Crippen LogP contribution in [-0.2, 0) is 16.0 Å². The van der Waals surface area contributed by atoms with E-state index in [1.54, 1.807) is 0 Å². The molecular weight excluding hydrogens is 300 g/mol. The van der Waals surface area contributed by atoms with E-state index in [0.717, 1.165) is 58.3 Å². The second-order valence-electron chi connectivity index (χ2n) is 7.34. The summed E-state index contributed by atoms with van der Waals surface area (Å²) < 4.78 is 11.6. The number of benzene rings is 1. The van der Waals surface area contributed by atoms with E-state index < -0.39 is 0 Å². The maximum absolute atomic E-state index is 6.12. The lowest BCUT2D eigenvalue weighted by atomic mass is 10.00. The van der Waals surface area contributed by atoms with Crippen LogP contribution < -0.4 is 0 Å². The van der Waals surface area contributed by atoms with Gasteiger partial charge in [0, 0.05) is 52.5 Å². The summed E-state index contributed by atoms with van der Waals surface area (Å²) in [6.45, 7) is 8.16. The van der Waals surface area contributed by atoms with Gasteiger partial charge in [-0.3, -0.25) is 4.90 Å². The van der Waals surface area contributed by atoms with Gasteiger partial charge in [-0.1, -0.05) is 30.3 Å². The molecule has 1 atom stereocenters. The Morgan fingerprint density at radius 3 is 2.67 bits per heavy atom. The molecule has 134 valence electrons. The fraction of sp³-hybridized carbons (Fsp3) is 0.700. The molecule has 1 aromatic carbocycles. The molecule has 3 rings (SSSR count). The third-order valence-corrected chi connectivity index (χ3v) is 5.11. The van der Waals surface area contributed by atoms with E-state index in [1.807, 2.05) is 0 Å². The highest BCUT2D eigenvalue weighted by molar-refractivity contribution is 5.14. The van der Waals surface area contributed by atoms with Crippen molar-refractivity contribution in [1.29, 1.82) is 0 Å². The zero-order valence-corrected chi connectivity index (χ0v) is 15.0. The molecule has 24 heavy (non-hydrogen) atoms. The van der Waals surface area contributed by atoms with Crippen LogP contribution >= 0.6 is 0 Å². The van der Waals surface area contributed by atoms with Gasteiger partial charge in [-0.2, -0.15) is 0 Å². The molecule has 2 heterocycles. The van der Waals surface area contributed by atoms with E-state index in [0.29, 0.717) is 6.10 Å². The molecular formula is C20H32N2O2. The van der Waals surface area contributed by atoms with Gasteiger partial charge in [0.25, 0.3) is 0 Å². The first-order valence-electron chi connectivity index (χ1n) is 9.44. The number of hydrogen-bond acceptors (Lipinski definition) is 4. The van der Waals surface area contributed by atoms with Crippen LogP contribution in [0.2, 0.25) is 0 Å². The van der Waals surface area contributed by atoms with Crippen molar-refractivity contribution < 1.29 is 9.47 Å². The summed E-state index contributed by atoms with van der Waals surface area (Å²) >= 11 is 0. The van der Waals surface area contributed by atoms with E-state index in [1.165, 1.54) is 24.9 Å². The number of nitrogens with zero attached hydrogens (tertiary/aromatic N) is 2. The molecule has 2 aliphatic rings. The quantitative estimate of drug-likeness (QED) is 0.799. The summed E-state index contributed by atoms with van der Waals surface area (Å²) in [5.41, 5.74) is 1.40. The first-order valence-corrected chi connectivity index (χ1v) is 9.44. The SMILES string of the molecule is CN(CC1CCOCC1)CC1CN(Cc2ccccc2)CCCO1. The average molecular weight is 332 g/mol. The Hall–Kier alpha value is -0.940. The van der Waals surface area contributed by atoms with Crippen LogP contribution in [0, 0.1) is 5.92 Å². The summed E-state index contributed by atoms with van der Waals surface area (Å²) in [4.78, 5) is 5.02. The minimum Gasteiger partial charge on any atom is -0.381 e. The van der Waals surface area contributed by atoms with Crippen LogP contribution in [0.5, 0.6) is 0 Å². The second-order valence-corrected chi connectivity index (χ2v) is 7.34. The van der Waals surface area contributed by atoms with Gasteiger partial charge >= 0.3 is 0 Å². The molecule has 0 aromatic heterocycles. The highest BCUT2D eigenvalue weighted by Gasteiger charge is 2.22. The van der Waals surface area contributed by atoms with Gasteiger partial charge in [-0.05, 0) is 37.8 Å². The minimum atomic E-state index is 0.320. The molecule has 0 amide bonds. The third kappa shape index (κ3) is 5.85. The molecule has 0 aliphatic carbocycles. The Labute approximate surface area is 146 Å². The van der Waals surface area contributed by atoms with Crippen LogP contribution in [0.4, 0.5) is 0 Å². The van der Waals surface area contributed by atoms with Crippen molar-refractivity contribution >= 4 is 0 Å². The fourth-order valence-corrected chi connectivity index (χ4v) is 3.86. The molecule has 0 bridgehead atoms. The smallest absolute Gasteiger partial charge is 0.0828 e. The van der Waals surface area contributed by atoms with Gasteiger partial charge < -0.3 is 14.4 Å². The summed E-state index contributed by atoms with van der Waals surface area (Å²) in [6.07, 6.45) is 3.86. The minimum absolute atomic E-state index is 0.320. The summed E-state index contributed by atoms with van der Waals surface area (Å²) in [5.74, 6) is 0.787. The predicted octanol–water partition coefficient (Wildman–Crippen LogP) is 2.64. The second kappa shape index (κ2) is 9.52. The van der Waals surface area contributed by atoms with E-state index in [9.17, 15) is 0 Å². The topological polar surface area (TPSA) is 24.9 Å². The van der Waals surface area contributed by atoms with Crippen molar-refractivity contribution in [2.75, 3.05) is 53.0 Å². The third-order valence-electron chi connectivity index (χ3n) is 5.11. The molecule has 2 saturated heterocycles. The van der Waals surface area contributed by atoms with Crippen molar-refractivity contribution in [3.63, 3.8) is 0 Å². The zero-order valence-electron chi connectivity index (χ0n) is 15.0.